The normalized spacial score (nSPS) is 17.8. The number of hydrogen-bond acceptors (Lipinski definition) is 3. The third-order valence-corrected chi connectivity index (χ3v) is 6.57. The molecule has 2 N–H and O–H groups in total. The van der Waals surface area contributed by atoms with Gasteiger partial charge in [0.25, 0.3) is 11.7 Å². The number of anilines is 1. The van der Waals surface area contributed by atoms with E-state index in [0.717, 1.165) is 22.0 Å². The monoisotopic (exact) mass is 470 g/mol. The molecule has 2 heterocycles. The van der Waals surface area contributed by atoms with Gasteiger partial charge in [-0.25, -0.2) is 0 Å². The number of hydrogen-bond donors (Lipinski definition) is 2. The summed E-state index contributed by atoms with van der Waals surface area (Å²) < 4.78 is 0. The number of H-pyrrole nitrogens is 1. The van der Waals surface area contributed by atoms with E-state index in [-0.39, 0.29) is 11.3 Å². The predicted molar refractivity (Wildman–Crippen MR) is 135 cm³/mol. The van der Waals surface area contributed by atoms with E-state index < -0.39 is 17.7 Å². The van der Waals surface area contributed by atoms with Gasteiger partial charge in [-0.1, -0.05) is 55.8 Å². The number of aromatic amines is 1. The van der Waals surface area contributed by atoms with Crippen LogP contribution in [0.15, 0.2) is 84.6 Å². The molecule has 1 aliphatic rings. The molecular formula is C28H23ClN2O3. The summed E-state index contributed by atoms with van der Waals surface area (Å²) in [7, 11) is 0. The average Bonchev–Trinajstić information content (AvgIpc) is 3.38. The van der Waals surface area contributed by atoms with Gasteiger partial charge in [0.1, 0.15) is 5.76 Å². The number of para-hydroxylation sites is 1. The Kier molecular flexibility index (Phi) is 5.50. The van der Waals surface area contributed by atoms with Crippen molar-refractivity contribution in [2.24, 2.45) is 0 Å². The number of nitrogens with zero attached hydrogens (tertiary/aromatic N) is 1. The largest absolute Gasteiger partial charge is 0.507 e. The molecule has 34 heavy (non-hydrogen) atoms. The number of rotatable bonds is 4. The molecular weight excluding hydrogens is 448 g/mol. The minimum Gasteiger partial charge on any atom is -0.507 e. The first-order valence-electron chi connectivity index (χ1n) is 11.1. The lowest BCUT2D eigenvalue weighted by atomic mass is 9.94. The number of benzene rings is 3. The van der Waals surface area contributed by atoms with Gasteiger partial charge in [0.05, 0.1) is 11.6 Å². The maximum atomic E-state index is 13.4. The number of fused-ring (bicyclic) bond motifs is 1. The van der Waals surface area contributed by atoms with Gasteiger partial charge in [-0.2, -0.15) is 0 Å². The summed E-state index contributed by atoms with van der Waals surface area (Å²) in [6.45, 7) is 4.19. The molecule has 0 bridgehead atoms. The van der Waals surface area contributed by atoms with Crippen molar-refractivity contribution in [1.29, 1.82) is 0 Å². The highest BCUT2D eigenvalue weighted by molar-refractivity contribution is 6.52. The van der Waals surface area contributed by atoms with E-state index >= 15 is 0 Å². The third-order valence-electron chi connectivity index (χ3n) is 6.32. The molecule has 5 nitrogen and oxygen atoms in total. The van der Waals surface area contributed by atoms with E-state index in [1.54, 1.807) is 30.5 Å². The molecule has 4 aromatic rings. The number of aliphatic hydroxyl groups is 1. The number of Topliss-reactive ketones (excluding diaryl/α,β-unsaturated/α-hetero) is 1. The molecule has 1 aliphatic heterocycles. The van der Waals surface area contributed by atoms with Crippen LogP contribution in [0.3, 0.4) is 0 Å². The Morgan fingerprint density at radius 3 is 2.32 bits per heavy atom. The van der Waals surface area contributed by atoms with Gasteiger partial charge in [0.15, 0.2) is 0 Å². The molecule has 5 rings (SSSR count). The van der Waals surface area contributed by atoms with Gasteiger partial charge in [-0.15, -0.1) is 0 Å². The molecule has 6 heteroatoms. The van der Waals surface area contributed by atoms with Gasteiger partial charge in [-0.05, 0) is 53.9 Å². The molecule has 0 radical (unpaired) electrons. The number of amides is 1. The van der Waals surface area contributed by atoms with Crippen LogP contribution in [-0.4, -0.2) is 21.8 Å². The number of halogens is 1. The molecule has 1 amide bonds. The van der Waals surface area contributed by atoms with Crippen LogP contribution in [0.25, 0.3) is 16.7 Å². The van der Waals surface area contributed by atoms with E-state index in [0.29, 0.717) is 22.2 Å². The van der Waals surface area contributed by atoms with Crippen molar-refractivity contribution < 1.29 is 14.7 Å². The Morgan fingerprint density at radius 2 is 1.65 bits per heavy atom. The van der Waals surface area contributed by atoms with Crippen LogP contribution >= 0.6 is 11.6 Å². The Balaban J connectivity index is 1.74. The van der Waals surface area contributed by atoms with E-state index in [1.165, 1.54) is 4.90 Å². The highest BCUT2D eigenvalue weighted by atomic mass is 35.5. The second kappa shape index (κ2) is 8.50. The predicted octanol–water partition coefficient (Wildman–Crippen LogP) is 6.57. The first kappa shape index (κ1) is 22.0. The molecule has 0 spiro atoms. The van der Waals surface area contributed by atoms with E-state index in [4.69, 9.17) is 11.6 Å². The van der Waals surface area contributed by atoms with Crippen LogP contribution in [0, 0.1) is 0 Å². The fourth-order valence-corrected chi connectivity index (χ4v) is 4.62. The topological polar surface area (TPSA) is 73.4 Å². The van der Waals surface area contributed by atoms with E-state index in [1.807, 2.05) is 48.5 Å². The third kappa shape index (κ3) is 3.58. The zero-order valence-corrected chi connectivity index (χ0v) is 19.5. The van der Waals surface area contributed by atoms with Gasteiger partial charge in [0.2, 0.25) is 0 Å². The number of carbonyl (C=O) groups is 2. The first-order chi connectivity index (χ1) is 16.4. The number of ketones is 1. The van der Waals surface area contributed by atoms with Crippen LogP contribution in [0.1, 0.15) is 42.5 Å². The fraction of sp³-hybridized carbons (Fsp3) is 0.143. The Bertz CT molecular complexity index is 1430. The van der Waals surface area contributed by atoms with Crippen LogP contribution < -0.4 is 4.90 Å². The molecule has 1 saturated heterocycles. The summed E-state index contributed by atoms with van der Waals surface area (Å²) in [5.74, 6) is -1.30. The molecule has 0 saturated carbocycles. The number of aromatic nitrogens is 1. The average molecular weight is 471 g/mol. The van der Waals surface area contributed by atoms with Crippen molar-refractivity contribution in [2.75, 3.05) is 4.90 Å². The Morgan fingerprint density at radius 1 is 0.971 bits per heavy atom. The molecule has 3 aromatic carbocycles. The molecule has 1 aromatic heterocycles. The summed E-state index contributed by atoms with van der Waals surface area (Å²) in [6.07, 6.45) is 1.80. The summed E-state index contributed by atoms with van der Waals surface area (Å²) in [4.78, 5) is 31.4. The quantitative estimate of drug-likeness (QED) is 0.201. The summed E-state index contributed by atoms with van der Waals surface area (Å²) in [5, 5.41) is 12.6. The zero-order valence-electron chi connectivity index (χ0n) is 18.7. The lowest BCUT2D eigenvalue weighted by Crippen LogP contribution is -2.29. The van der Waals surface area contributed by atoms with Crippen LogP contribution in [-0.2, 0) is 9.59 Å². The SMILES string of the molecule is CC(C)c1ccc(N2C(=O)C(=O)/C(=C(/O)c3ccc(Cl)cc3)C2c2c[nH]c3ccccc23)cc1. The van der Waals surface area contributed by atoms with Crippen molar-refractivity contribution in [3.63, 3.8) is 0 Å². The summed E-state index contributed by atoms with van der Waals surface area (Å²) in [6, 6.07) is 21.1. The summed E-state index contributed by atoms with van der Waals surface area (Å²) >= 11 is 6.01. The highest BCUT2D eigenvalue weighted by Gasteiger charge is 2.47. The zero-order chi connectivity index (χ0) is 24.0. The van der Waals surface area contributed by atoms with Crippen molar-refractivity contribution in [1.82, 2.24) is 4.98 Å². The standard InChI is InChI=1S/C28H23ClN2O3/c1-16(2)17-9-13-20(14-10-17)31-25(22-15-30-23-6-4-3-5-21(22)23)24(27(33)28(31)34)26(32)18-7-11-19(29)12-8-18/h3-16,25,30,32H,1-2H3/b26-24+. The number of nitrogens with one attached hydrogen (secondary N) is 1. The summed E-state index contributed by atoms with van der Waals surface area (Å²) in [5.41, 5.74) is 3.80. The molecule has 170 valence electrons. The maximum Gasteiger partial charge on any atom is 0.300 e. The minimum atomic E-state index is -0.795. The molecule has 1 atom stereocenters. The van der Waals surface area contributed by atoms with Gasteiger partial charge in [-0.3, -0.25) is 14.5 Å². The lowest BCUT2D eigenvalue weighted by Gasteiger charge is -2.25. The number of carbonyl (C=O) groups excluding carboxylic acids is 2. The van der Waals surface area contributed by atoms with Crippen LogP contribution in [0.2, 0.25) is 5.02 Å². The van der Waals surface area contributed by atoms with Crippen LogP contribution in [0.4, 0.5) is 5.69 Å². The van der Waals surface area contributed by atoms with Crippen molar-refractivity contribution in [3.05, 3.63) is 106 Å². The number of aliphatic hydroxyl groups excluding tert-OH is 1. The second-order valence-electron chi connectivity index (χ2n) is 8.71. The smallest absolute Gasteiger partial charge is 0.300 e. The first-order valence-corrected chi connectivity index (χ1v) is 11.5. The molecule has 1 unspecified atom stereocenters. The molecule has 1 fully saturated rings. The van der Waals surface area contributed by atoms with Gasteiger partial charge < -0.3 is 10.1 Å². The Labute approximate surface area is 202 Å². The lowest BCUT2D eigenvalue weighted by molar-refractivity contribution is -0.132. The highest BCUT2D eigenvalue weighted by Crippen LogP contribution is 2.44. The fourth-order valence-electron chi connectivity index (χ4n) is 4.50. The van der Waals surface area contributed by atoms with E-state index in [2.05, 4.69) is 18.8 Å². The van der Waals surface area contributed by atoms with E-state index in [9.17, 15) is 14.7 Å². The maximum absolute atomic E-state index is 13.4. The Hall–Kier alpha value is -3.83. The van der Waals surface area contributed by atoms with Gasteiger partial charge in [0, 0.05) is 38.9 Å². The van der Waals surface area contributed by atoms with Crippen molar-refractivity contribution in [2.45, 2.75) is 25.8 Å². The minimum absolute atomic E-state index is 0.0463. The van der Waals surface area contributed by atoms with Crippen molar-refractivity contribution >= 4 is 45.6 Å². The van der Waals surface area contributed by atoms with Crippen molar-refractivity contribution in [3.8, 4) is 0 Å². The second-order valence-corrected chi connectivity index (χ2v) is 9.15. The van der Waals surface area contributed by atoms with Gasteiger partial charge >= 0.3 is 0 Å². The molecule has 0 aliphatic carbocycles. The van der Waals surface area contributed by atoms with Crippen LogP contribution in [0.5, 0.6) is 0 Å².